The topological polar surface area (TPSA) is 113 Å². The third-order valence-electron chi connectivity index (χ3n) is 6.16. The highest BCUT2D eigenvalue weighted by molar-refractivity contribution is 14.0. The largest absolute Gasteiger partial charge is 0.385 e. The molecule has 9 heteroatoms. The van der Waals surface area contributed by atoms with Crippen molar-refractivity contribution in [3.8, 4) is 11.8 Å². The van der Waals surface area contributed by atoms with Gasteiger partial charge in [0.2, 0.25) is 0 Å². The number of ether oxygens (including phenoxy) is 1. The molecule has 1 heterocycles. The van der Waals surface area contributed by atoms with Crippen molar-refractivity contribution >= 4 is 35.8 Å². The van der Waals surface area contributed by atoms with Gasteiger partial charge in [-0.3, -0.25) is 4.99 Å². The molecule has 1 aromatic carbocycles. The molecule has 0 amide bonds. The number of hydrogen-bond acceptors (Lipinski definition) is 5. The molecule has 0 aliphatic heterocycles. The third-order valence-corrected chi connectivity index (χ3v) is 6.16. The number of nitriles is 1. The molecular formula is C24H36IN7O. The number of benzene rings is 1. The summed E-state index contributed by atoms with van der Waals surface area (Å²) in [6.45, 7) is 5.23. The molecule has 0 unspecified atom stereocenters. The molecule has 1 aliphatic carbocycles. The fraction of sp³-hybridized carbons (Fsp3) is 0.542. The van der Waals surface area contributed by atoms with Crippen LogP contribution in [0.2, 0.25) is 0 Å². The van der Waals surface area contributed by atoms with E-state index in [0.29, 0.717) is 23.2 Å². The highest BCUT2D eigenvalue weighted by Gasteiger charge is 2.36. The van der Waals surface area contributed by atoms with Crippen molar-refractivity contribution in [3.05, 3.63) is 41.6 Å². The van der Waals surface area contributed by atoms with Crippen LogP contribution in [0.1, 0.15) is 50.3 Å². The van der Waals surface area contributed by atoms with Crippen LogP contribution in [0, 0.1) is 16.7 Å². The van der Waals surface area contributed by atoms with Gasteiger partial charge in [0, 0.05) is 33.4 Å². The summed E-state index contributed by atoms with van der Waals surface area (Å²) in [5.74, 6) is 1.23. The lowest BCUT2D eigenvalue weighted by Crippen LogP contribution is -2.40. The van der Waals surface area contributed by atoms with Gasteiger partial charge in [-0.05, 0) is 56.6 Å². The van der Waals surface area contributed by atoms with E-state index in [4.69, 9.17) is 15.5 Å². The van der Waals surface area contributed by atoms with E-state index in [2.05, 4.69) is 28.7 Å². The van der Waals surface area contributed by atoms with E-state index in [-0.39, 0.29) is 24.0 Å². The van der Waals surface area contributed by atoms with Crippen LogP contribution < -0.4 is 16.4 Å². The SMILES string of the molecule is CCNC(=NCC1(CCOC)CCC1)NCCCc1nn(-c2ccccc2)c(N)c1C#N.I. The number of rotatable bonds is 11. The van der Waals surface area contributed by atoms with Crippen LogP contribution in [-0.4, -0.2) is 49.1 Å². The van der Waals surface area contributed by atoms with E-state index in [9.17, 15) is 5.26 Å². The molecule has 0 bridgehead atoms. The Kier molecular flexibility index (Phi) is 10.9. The Morgan fingerprint density at radius 3 is 2.67 bits per heavy atom. The molecule has 2 aromatic rings. The number of halogens is 1. The number of anilines is 1. The second-order valence-electron chi connectivity index (χ2n) is 8.39. The Morgan fingerprint density at radius 1 is 1.30 bits per heavy atom. The zero-order chi connectivity index (χ0) is 22.8. The van der Waals surface area contributed by atoms with Gasteiger partial charge in [0.25, 0.3) is 0 Å². The number of methoxy groups -OCH3 is 1. The number of para-hydroxylation sites is 1. The summed E-state index contributed by atoms with van der Waals surface area (Å²) in [5.41, 5.74) is 8.53. The zero-order valence-electron chi connectivity index (χ0n) is 19.6. The first-order valence-electron chi connectivity index (χ1n) is 11.5. The molecular weight excluding hydrogens is 529 g/mol. The van der Waals surface area contributed by atoms with Gasteiger partial charge in [0.15, 0.2) is 5.96 Å². The predicted octanol–water partition coefficient (Wildman–Crippen LogP) is 3.64. The van der Waals surface area contributed by atoms with Gasteiger partial charge >= 0.3 is 0 Å². The Balaban J connectivity index is 0.00000385. The predicted molar refractivity (Wildman–Crippen MR) is 143 cm³/mol. The van der Waals surface area contributed by atoms with E-state index >= 15 is 0 Å². The molecule has 0 spiro atoms. The maximum atomic E-state index is 9.57. The van der Waals surface area contributed by atoms with Gasteiger partial charge in [-0.1, -0.05) is 24.6 Å². The molecule has 33 heavy (non-hydrogen) atoms. The molecule has 8 nitrogen and oxygen atoms in total. The van der Waals surface area contributed by atoms with E-state index in [1.807, 2.05) is 30.3 Å². The lowest BCUT2D eigenvalue weighted by Gasteiger charge is -2.40. The van der Waals surface area contributed by atoms with Crippen LogP contribution in [-0.2, 0) is 11.2 Å². The van der Waals surface area contributed by atoms with Crippen LogP contribution >= 0.6 is 24.0 Å². The van der Waals surface area contributed by atoms with Gasteiger partial charge in [-0.2, -0.15) is 10.4 Å². The highest BCUT2D eigenvalue weighted by atomic mass is 127. The zero-order valence-corrected chi connectivity index (χ0v) is 22.0. The summed E-state index contributed by atoms with van der Waals surface area (Å²) in [6.07, 6.45) is 6.28. The van der Waals surface area contributed by atoms with Gasteiger partial charge in [0.05, 0.1) is 11.4 Å². The van der Waals surface area contributed by atoms with Crippen molar-refractivity contribution in [3.63, 3.8) is 0 Å². The summed E-state index contributed by atoms with van der Waals surface area (Å²) >= 11 is 0. The lowest BCUT2D eigenvalue weighted by atomic mass is 9.67. The van der Waals surface area contributed by atoms with Crippen LogP contribution in [0.3, 0.4) is 0 Å². The third kappa shape index (κ3) is 7.08. The fourth-order valence-electron chi connectivity index (χ4n) is 4.07. The van der Waals surface area contributed by atoms with Crippen molar-refractivity contribution in [1.29, 1.82) is 5.26 Å². The number of aliphatic imine (C=N–C) groups is 1. The number of aromatic nitrogens is 2. The number of nitrogen functional groups attached to an aromatic ring is 1. The van der Waals surface area contributed by atoms with Crippen molar-refractivity contribution in [2.45, 2.75) is 45.4 Å². The average molecular weight is 566 g/mol. The molecule has 0 radical (unpaired) electrons. The molecule has 1 saturated carbocycles. The van der Waals surface area contributed by atoms with E-state index in [1.165, 1.54) is 19.3 Å². The van der Waals surface area contributed by atoms with Crippen LogP contribution in [0.15, 0.2) is 35.3 Å². The maximum Gasteiger partial charge on any atom is 0.191 e. The number of guanidine groups is 1. The summed E-state index contributed by atoms with van der Waals surface area (Å²) in [5, 5.41) is 20.9. The molecule has 0 atom stereocenters. The maximum absolute atomic E-state index is 9.57. The second kappa shape index (κ2) is 13.4. The van der Waals surface area contributed by atoms with Crippen molar-refractivity contribution < 1.29 is 4.74 Å². The summed E-state index contributed by atoms with van der Waals surface area (Å²) in [7, 11) is 1.76. The quantitative estimate of drug-likeness (QED) is 0.166. The van der Waals surface area contributed by atoms with Crippen LogP contribution in [0.5, 0.6) is 0 Å². The Morgan fingerprint density at radius 2 is 2.06 bits per heavy atom. The number of nitrogens with two attached hydrogens (primary N) is 1. The normalized spacial score (nSPS) is 14.6. The van der Waals surface area contributed by atoms with E-state index in [1.54, 1.807) is 11.8 Å². The Bertz CT molecular complexity index is 932. The first-order valence-corrected chi connectivity index (χ1v) is 11.5. The monoisotopic (exact) mass is 565 g/mol. The highest BCUT2D eigenvalue weighted by Crippen LogP contribution is 2.44. The van der Waals surface area contributed by atoms with Crippen LogP contribution in [0.25, 0.3) is 5.69 Å². The van der Waals surface area contributed by atoms with Gasteiger partial charge in [0.1, 0.15) is 17.5 Å². The molecule has 3 rings (SSSR count). The van der Waals surface area contributed by atoms with E-state index in [0.717, 1.165) is 56.4 Å². The number of hydrogen-bond donors (Lipinski definition) is 3. The second-order valence-corrected chi connectivity index (χ2v) is 8.39. The van der Waals surface area contributed by atoms with Crippen molar-refractivity contribution in [2.24, 2.45) is 10.4 Å². The number of aryl methyl sites for hydroxylation is 1. The standard InChI is InChI=1S/C24H35N7O.HI/c1-3-27-23(29-18-24(12-8-13-24)14-16-32-2)28-15-7-11-21-20(17-25)22(26)31(30-21)19-9-5-4-6-10-19;/h4-6,9-10H,3,7-8,11-16,18,26H2,1-2H3,(H2,27,28,29);1H. The fourth-order valence-corrected chi connectivity index (χ4v) is 4.07. The average Bonchev–Trinajstić information content (AvgIpc) is 3.11. The first-order chi connectivity index (χ1) is 15.6. The molecule has 0 saturated heterocycles. The minimum atomic E-state index is 0. The van der Waals surface area contributed by atoms with Gasteiger partial charge in [-0.15, -0.1) is 24.0 Å². The first kappa shape index (κ1) is 26.9. The van der Waals surface area contributed by atoms with Gasteiger partial charge in [-0.25, -0.2) is 4.68 Å². The molecule has 1 fully saturated rings. The van der Waals surface area contributed by atoms with E-state index < -0.39 is 0 Å². The number of nitrogens with zero attached hydrogens (tertiary/aromatic N) is 4. The van der Waals surface area contributed by atoms with Crippen molar-refractivity contribution in [1.82, 2.24) is 20.4 Å². The number of nitrogens with one attached hydrogen (secondary N) is 2. The van der Waals surface area contributed by atoms with Crippen molar-refractivity contribution in [2.75, 3.05) is 39.1 Å². The summed E-state index contributed by atoms with van der Waals surface area (Å²) in [4.78, 5) is 4.84. The Hall–Kier alpha value is -2.32. The van der Waals surface area contributed by atoms with Crippen LogP contribution in [0.4, 0.5) is 5.82 Å². The summed E-state index contributed by atoms with van der Waals surface area (Å²) in [6, 6.07) is 11.9. The molecule has 4 N–H and O–H groups in total. The lowest BCUT2D eigenvalue weighted by molar-refractivity contribution is 0.0778. The minimum Gasteiger partial charge on any atom is -0.385 e. The molecule has 180 valence electrons. The summed E-state index contributed by atoms with van der Waals surface area (Å²) < 4.78 is 6.93. The smallest absolute Gasteiger partial charge is 0.191 e. The van der Waals surface area contributed by atoms with Gasteiger partial charge < -0.3 is 21.1 Å². The minimum absolute atomic E-state index is 0. The Labute approximate surface area is 214 Å². The molecule has 1 aromatic heterocycles. The molecule has 1 aliphatic rings.